The maximum atomic E-state index is 12.7. The molecule has 0 aliphatic heterocycles. The van der Waals surface area contributed by atoms with Crippen molar-refractivity contribution in [2.75, 3.05) is 33.4 Å². The third-order valence-corrected chi connectivity index (χ3v) is 3.25. The molecule has 0 aliphatic rings. The van der Waals surface area contributed by atoms with Crippen molar-refractivity contribution in [3.63, 3.8) is 0 Å². The van der Waals surface area contributed by atoms with Gasteiger partial charge in [0.2, 0.25) is 5.91 Å². The van der Waals surface area contributed by atoms with Gasteiger partial charge in [0.1, 0.15) is 5.75 Å². The number of methoxy groups -OCH3 is 1. The van der Waals surface area contributed by atoms with Crippen molar-refractivity contribution in [2.45, 2.75) is 20.3 Å². The highest BCUT2D eigenvalue weighted by Gasteiger charge is 2.17. The number of hydrogen-bond acceptors (Lipinski definition) is 5. The molecule has 0 bridgehead atoms. The van der Waals surface area contributed by atoms with Crippen molar-refractivity contribution in [1.82, 2.24) is 10.2 Å². The van der Waals surface area contributed by atoms with Crippen LogP contribution in [0.1, 0.15) is 30.6 Å². The zero-order chi connectivity index (χ0) is 17.9. The topological polar surface area (TPSA) is 84.9 Å². The molecule has 0 heterocycles. The average Bonchev–Trinajstić information content (AvgIpc) is 2.57. The second-order valence-electron chi connectivity index (χ2n) is 5.06. The summed E-state index contributed by atoms with van der Waals surface area (Å²) in [6, 6.07) is 6.79. The third-order valence-electron chi connectivity index (χ3n) is 3.25. The standard InChI is InChI=1S/C17H24N2O5/c1-4-24-16(21)8-10-19(11-9-18-13(2)20)17(22)14-6-5-7-15(12-14)23-3/h5-7,12H,4,8-11H2,1-3H3,(H,18,20). The van der Waals surface area contributed by atoms with E-state index in [1.807, 2.05) is 0 Å². The van der Waals surface area contributed by atoms with Crippen LogP contribution in [0.25, 0.3) is 0 Å². The lowest BCUT2D eigenvalue weighted by Gasteiger charge is -2.22. The first-order valence-electron chi connectivity index (χ1n) is 7.81. The summed E-state index contributed by atoms with van der Waals surface area (Å²) in [6.45, 7) is 4.27. The molecule has 0 aromatic heterocycles. The van der Waals surface area contributed by atoms with E-state index in [0.717, 1.165) is 0 Å². The molecule has 0 unspecified atom stereocenters. The molecule has 0 spiro atoms. The SMILES string of the molecule is CCOC(=O)CCN(CCNC(C)=O)C(=O)c1cccc(OC)c1. The number of rotatable bonds is 9. The number of hydrogen-bond donors (Lipinski definition) is 1. The van der Waals surface area contributed by atoms with Crippen LogP contribution in [0.5, 0.6) is 5.75 Å². The lowest BCUT2D eigenvalue weighted by molar-refractivity contribution is -0.143. The molecule has 0 fully saturated rings. The normalized spacial score (nSPS) is 9.96. The number of amides is 2. The molecule has 0 saturated heterocycles. The molecule has 1 aromatic rings. The fraction of sp³-hybridized carbons (Fsp3) is 0.471. The molecule has 132 valence electrons. The van der Waals surface area contributed by atoms with Gasteiger partial charge in [-0.3, -0.25) is 14.4 Å². The summed E-state index contributed by atoms with van der Waals surface area (Å²) < 4.78 is 10.0. The Bertz CT molecular complexity index is 574. The fourth-order valence-electron chi connectivity index (χ4n) is 2.08. The molecular formula is C17H24N2O5. The van der Waals surface area contributed by atoms with Gasteiger partial charge in [0.05, 0.1) is 20.1 Å². The van der Waals surface area contributed by atoms with E-state index < -0.39 is 0 Å². The lowest BCUT2D eigenvalue weighted by Crippen LogP contribution is -2.39. The Hall–Kier alpha value is -2.57. The number of ether oxygens (including phenoxy) is 2. The van der Waals surface area contributed by atoms with Gasteiger partial charge in [0.25, 0.3) is 5.91 Å². The van der Waals surface area contributed by atoms with E-state index in [-0.39, 0.29) is 30.7 Å². The molecule has 7 heteroatoms. The van der Waals surface area contributed by atoms with E-state index in [9.17, 15) is 14.4 Å². The maximum Gasteiger partial charge on any atom is 0.307 e. The second-order valence-corrected chi connectivity index (χ2v) is 5.06. The average molecular weight is 336 g/mol. The van der Waals surface area contributed by atoms with Crippen molar-refractivity contribution in [3.05, 3.63) is 29.8 Å². The summed E-state index contributed by atoms with van der Waals surface area (Å²) in [7, 11) is 1.53. The number of esters is 1. The molecule has 7 nitrogen and oxygen atoms in total. The summed E-state index contributed by atoms with van der Waals surface area (Å²) in [5.74, 6) is -0.189. The molecule has 1 aromatic carbocycles. The Morgan fingerprint density at radius 3 is 2.58 bits per heavy atom. The molecular weight excluding hydrogens is 312 g/mol. The molecule has 2 amide bonds. The first kappa shape index (κ1) is 19.5. The van der Waals surface area contributed by atoms with Crippen molar-refractivity contribution >= 4 is 17.8 Å². The Labute approximate surface area is 141 Å². The minimum Gasteiger partial charge on any atom is -0.497 e. The van der Waals surface area contributed by atoms with Crippen LogP contribution in [0.4, 0.5) is 0 Å². The summed E-state index contributed by atoms with van der Waals surface area (Å²) in [6.07, 6.45) is 0.101. The summed E-state index contributed by atoms with van der Waals surface area (Å²) in [5, 5.41) is 2.64. The minimum atomic E-state index is -0.361. The smallest absolute Gasteiger partial charge is 0.307 e. The van der Waals surface area contributed by atoms with Crippen LogP contribution in [0.2, 0.25) is 0 Å². The molecule has 0 radical (unpaired) electrons. The van der Waals surface area contributed by atoms with E-state index >= 15 is 0 Å². The van der Waals surface area contributed by atoms with Crippen molar-refractivity contribution in [2.24, 2.45) is 0 Å². The summed E-state index contributed by atoms with van der Waals surface area (Å²) in [5.41, 5.74) is 0.459. The Morgan fingerprint density at radius 2 is 1.96 bits per heavy atom. The molecule has 0 saturated carbocycles. The second kappa shape index (κ2) is 10.3. The number of nitrogens with one attached hydrogen (secondary N) is 1. The summed E-state index contributed by atoms with van der Waals surface area (Å²) in [4.78, 5) is 36.7. The van der Waals surface area contributed by atoms with E-state index in [0.29, 0.717) is 31.0 Å². The van der Waals surface area contributed by atoms with Crippen LogP contribution in [0.3, 0.4) is 0 Å². The Morgan fingerprint density at radius 1 is 1.21 bits per heavy atom. The monoisotopic (exact) mass is 336 g/mol. The minimum absolute atomic E-state index is 0.101. The van der Waals surface area contributed by atoms with Gasteiger partial charge in [-0.05, 0) is 25.1 Å². The van der Waals surface area contributed by atoms with Gasteiger partial charge in [-0.15, -0.1) is 0 Å². The van der Waals surface area contributed by atoms with Crippen LogP contribution < -0.4 is 10.1 Å². The molecule has 24 heavy (non-hydrogen) atoms. The van der Waals surface area contributed by atoms with Crippen LogP contribution in [0, 0.1) is 0 Å². The zero-order valence-corrected chi connectivity index (χ0v) is 14.3. The van der Waals surface area contributed by atoms with Gasteiger partial charge in [-0.25, -0.2) is 0 Å². The Balaban J connectivity index is 2.78. The fourth-order valence-corrected chi connectivity index (χ4v) is 2.08. The van der Waals surface area contributed by atoms with E-state index in [1.54, 1.807) is 31.2 Å². The highest BCUT2D eigenvalue weighted by Crippen LogP contribution is 2.14. The number of benzene rings is 1. The quantitative estimate of drug-likeness (QED) is 0.686. The van der Waals surface area contributed by atoms with E-state index in [4.69, 9.17) is 9.47 Å². The predicted octanol–water partition coefficient (Wildman–Crippen LogP) is 1.23. The van der Waals surface area contributed by atoms with Crippen molar-refractivity contribution < 1.29 is 23.9 Å². The molecule has 0 aliphatic carbocycles. The zero-order valence-electron chi connectivity index (χ0n) is 14.3. The largest absolute Gasteiger partial charge is 0.497 e. The van der Waals surface area contributed by atoms with Gasteiger partial charge in [0.15, 0.2) is 0 Å². The predicted molar refractivity (Wildman–Crippen MR) is 88.8 cm³/mol. The lowest BCUT2D eigenvalue weighted by atomic mass is 10.2. The number of carbonyl (C=O) groups excluding carboxylic acids is 3. The third kappa shape index (κ3) is 6.68. The Kier molecular flexibility index (Phi) is 8.32. The van der Waals surface area contributed by atoms with Crippen LogP contribution in [0.15, 0.2) is 24.3 Å². The molecule has 0 atom stereocenters. The van der Waals surface area contributed by atoms with E-state index in [1.165, 1.54) is 18.9 Å². The molecule has 1 N–H and O–H groups in total. The number of carbonyl (C=O) groups is 3. The van der Waals surface area contributed by atoms with Crippen molar-refractivity contribution in [1.29, 1.82) is 0 Å². The highest BCUT2D eigenvalue weighted by atomic mass is 16.5. The van der Waals surface area contributed by atoms with Gasteiger partial charge < -0.3 is 19.7 Å². The first-order valence-corrected chi connectivity index (χ1v) is 7.81. The summed E-state index contributed by atoms with van der Waals surface area (Å²) >= 11 is 0. The van der Waals surface area contributed by atoms with Gasteiger partial charge in [-0.1, -0.05) is 6.07 Å². The van der Waals surface area contributed by atoms with Gasteiger partial charge in [-0.2, -0.15) is 0 Å². The molecule has 1 rings (SSSR count). The van der Waals surface area contributed by atoms with Crippen LogP contribution >= 0.6 is 0 Å². The highest BCUT2D eigenvalue weighted by molar-refractivity contribution is 5.94. The van der Waals surface area contributed by atoms with E-state index in [2.05, 4.69) is 5.32 Å². The van der Waals surface area contributed by atoms with Crippen LogP contribution in [-0.4, -0.2) is 56.0 Å². The maximum absolute atomic E-state index is 12.7. The van der Waals surface area contributed by atoms with Gasteiger partial charge in [0, 0.05) is 32.1 Å². The van der Waals surface area contributed by atoms with Crippen molar-refractivity contribution in [3.8, 4) is 5.75 Å². The number of nitrogens with zero attached hydrogens (tertiary/aromatic N) is 1. The first-order chi connectivity index (χ1) is 11.5. The van der Waals surface area contributed by atoms with Gasteiger partial charge >= 0.3 is 5.97 Å². The van der Waals surface area contributed by atoms with Crippen LogP contribution in [-0.2, 0) is 14.3 Å².